The standard InChI is InChI=1S/B.Cr.Cu.Nb.Si. The largest absolute Gasteiger partial charge is 0 e. The zero-order valence-electron chi connectivity index (χ0n) is 2.23. The molecule has 0 amide bonds. The molecule has 0 aromatic heterocycles. The minimum absolute atomic E-state index is 0. The van der Waals surface area contributed by atoms with Crippen molar-refractivity contribution in [2.45, 2.75) is 0 Å². The van der Waals surface area contributed by atoms with Crippen LogP contribution in [0, 0.1) is 0 Å². The van der Waals surface area contributed by atoms with Gasteiger partial charge in [-0.2, -0.15) is 0 Å². The maximum Gasteiger partial charge on any atom is 0 e. The molecule has 5 heavy (non-hydrogen) atoms. The molecule has 0 fully saturated rings. The molecule has 0 aromatic carbocycles. The first-order valence-corrected chi connectivity index (χ1v) is 0. The van der Waals surface area contributed by atoms with E-state index in [-0.39, 0.29) is 76.2 Å². The fraction of sp³-hybridized carbons (Fsp3) is 0. The number of rotatable bonds is 0. The van der Waals surface area contributed by atoms with Gasteiger partial charge in [0.05, 0.1) is 0 Å². The summed E-state index contributed by atoms with van der Waals surface area (Å²) in [5.74, 6) is 0. The topological polar surface area (TPSA) is 0 Å². The third-order valence-corrected chi connectivity index (χ3v) is 0. The van der Waals surface area contributed by atoms with Crippen LogP contribution in [0.15, 0.2) is 0 Å². The molecule has 9 radical (unpaired) electrons. The first kappa shape index (κ1) is 60.7. The van der Waals surface area contributed by atoms with Crippen molar-refractivity contribution in [3.8, 4) is 0 Å². The van der Waals surface area contributed by atoms with E-state index in [1.807, 2.05) is 0 Å². The molecular weight excluding hydrogens is 247 g/mol. The Bertz CT molecular complexity index is 11.6. The second kappa shape index (κ2) is 36.4. The summed E-state index contributed by atoms with van der Waals surface area (Å²) in [4.78, 5) is 0. The van der Waals surface area contributed by atoms with Gasteiger partial charge in [0.25, 0.3) is 0 Å². The predicted molar refractivity (Wildman–Crippen MR) is 11.5 cm³/mol. The molecule has 29 valence electrons. The van der Waals surface area contributed by atoms with E-state index >= 15 is 0 Å². The first-order valence-electron chi connectivity index (χ1n) is 0. The van der Waals surface area contributed by atoms with E-state index in [4.69, 9.17) is 0 Å². The van der Waals surface area contributed by atoms with Crippen molar-refractivity contribution in [2.75, 3.05) is 0 Å². The molecule has 0 aliphatic rings. The zero-order valence-corrected chi connectivity index (χ0v) is 7.65. The maximum atomic E-state index is 0. The summed E-state index contributed by atoms with van der Waals surface area (Å²) in [5.41, 5.74) is 0. The molecule has 0 nitrogen and oxygen atoms in total. The Morgan fingerprint density at radius 1 is 1.00 bits per heavy atom. The predicted octanol–water partition coefficient (Wildman–Crippen LogP) is -0.769. The van der Waals surface area contributed by atoms with Gasteiger partial charge in [0.15, 0.2) is 0 Å². The quantitative estimate of drug-likeness (QED) is 0.493. The summed E-state index contributed by atoms with van der Waals surface area (Å²) in [6.45, 7) is 0. The smallest absolute Gasteiger partial charge is 0 e. The summed E-state index contributed by atoms with van der Waals surface area (Å²) in [6.07, 6.45) is 0. The van der Waals surface area contributed by atoms with Gasteiger partial charge in [-0.15, -0.1) is 0 Å². The van der Waals surface area contributed by atoms with E-state index in [0.29, 0.717) is 0 Å². The molecule has 0 rings (SSSR count). The molecule has 0 unspecified atom stereocenters. The SMILES string of the molecule is [B].[Cr].[Cu].[Nb].[Si]. The minimum atomic E-state index is 0. The molecule has 0 heterocycles. The summed E-state index contributed by atoms with van der Waals surface area (Å²) in [7, 11) is 0. The van der Waals surface area contributed by atoms with Crippen LogP contribution in [0.25, 0.3) is 0 Å². The maximum absolute atomic E-state index is 0. The van der Waals surface area contributed by atoms with Crippen LogP contribution in [0.2, 0.25) is 0 Å². The Kier molecular flexibility index (Phi) is 441. The van der Waals surface area contributed by atoms with E-state index in [9.17, 15) is 0 Å². The van der Waals surface area contributed by atoms with Crippen LogP contribution in [0.5, 0.6) is 0 Å². The summed E-state index contributed by atoms with van der Waals surface area (Å²) in [6, 6.07) is 0. The molecule has 0 saturated heterocycles. The van der Waals surface area contributed by atoms with Crippen molar-refractivity contribution in [3.63, 3.8) is 0 Å². The summed E-state index contributed by atoms with van der Waals surface area (Å²) in [5, 5.41) is 0. The van der Waals surface area contributed by atoms with Gasteiger partial charge >= 0.3 is 0 Å². The molecular formula is BCrCuNbSi. The molecule has 0 N–H and O–H groups in total. The van der Waals surface area contributed by atoms with E-state index in [1.54, 1.807) is 0 Å². The van der Waals surface area contributed by atoms with Crippen LogP contribution in [-0.2, 0) is 56.8 Å². The number of hydrogen-bond donors (Lipinski definition) is 0. The third kappa shape index (κ3) is 23.4. The molecule has 0 aliphatic carbocycles. The molecule has 0 aliphatic heterocycles. The molecule has 5 heteroatoms. The average Bonchev–Trinajstić information content (AvgIpc) is 0. The van der Waals surface area contributed by atoms with Crippen LogP contribution in [0.3, 0.4) is 0 Å². The van der Waals surface area contributed by atoms with Crippen molar-refractivity contribution in [1.29, 1.82) is 0 Å². The van der Waals surface area contributed by atoms with Crippen LogP contribution in [0.4, 0.5) is 0 Å². The minimum Gasteiger partial charge on any atom is 0 e. The van der Waals surface area contributed by atoms with Gasteiger partial charge in [-0.3, -0.25) is 0 Å². The van der Waals surface area contributed by atoms with Gasteiger partial charge in [0.2, 0.25) is 0 Å². The van der Waals surface area contributed by atoms with Crippen LogP contribution in [-0.4, -0.2) is 19.4 Å². The number of hydrogen-bond acceptors (Lipinski definition) is 0. The molecule has 0 aromatic rings. The van der Waals surface area contributed by atoms with Crippen molar-refractivity contribution in [3.05, 3.63) is 0 Å². The second-order valence-corrected chi connectivity index (χ2v) is 0. The van der Waals surface area contributed by atoms with E-state index in [1.165, 1.54) is 0 Å². The molecule has 0 atom stereocenters. The van der Waals surface area contributed by atoms with Crippen LogP contribution < -0.4 is 0 Å². The van der Waals surface area contributed by atoms with Gasteiger partial charge < -0.3 is 0 Å². The first-order chi connectivity index (χ1) is 0. The van der Waals surface area contributed by atoms with Gasteiger partial charge in [-0.1, -0.05) is 0 Å². The monoisotopic (exact) mass is 247 g/mol. The van der Waals surface area contributed by atoms with Crippen LogP contribution in [0.1, 0.15) is 0 Å². The van der Waals surface area contributed by atoms with Crippen LogP contribution >= 0.6 is 0 Å². The Balaban J connectivity index is 0. The van der Waals surface area contributed by atoms with Crippen molar-refractivity contribution < 1.29 is 56.8 Å². The van der Waals surface area contributed by atoms with E-state index < -0.39 is 0 Å². The van der Waals surface area contributed by atoms with Gasteiger partial charge in [0.1, 0.15) is 0 Å². The zero-order chi connectivity index (χ0) is 0. The Morgan fingerprint density at radius 2 is 1.00 bits per heavy atom. The van der Waals surface area contributed by atoms with Gasteiger partial charge in [0, 0.05) is 76.2 Å². The third-order valence-electron chi connectivity index (χ3n) is 0. The molecule has 0 bridgehead atoms. The average molecular weight is 247 g/mol. The second-order valence-electron chi connectivity index (χ2n) is 0. The summed E-state index contributed by atoms with van der Waals surface area (Å²) < 4.78 is 0. The molecule has 0 spiro atoms. The fourth-order valence-corrected chi connectivity index (χ4v) is 0. The normalized spacial score (nSPS) is 0. The van der Waals surface area contributed by atoms with E-state index in [0.717, 1.165) is 0 Å². The van der Waals surface area contributed by atoms with Gasteiger partial charge in [-0.25, -0.2) is 0 Å². The van der Waals surface area contributed by atoms with Gasteiger partial charge in [-0.05, 0) is 0 Å². The Labute approximate surface area is 75.6 Å². The van der Waals surface area contributed by atoms with Crippen molar-refractivity contribution in [1.82, 2.24) is 0 Å². The van der Waals surface area contributed by atoms with Crippen molar-refractivity contribution >= 4 is 19.4 Å². The Morgan fingerprint density at radius 3 is 1.00 bits per heavy atom. The fourth-order valence-electron chi connectivity index (χ4n) is 0. The summed E-state index contributed by atoms with van der Waals surface area (Å²) >= 11 is 0. The molecule has 0 saturated carbocycles. The van der Waals surface area contributed by atoms with Crippen molar-refractivity contribution in [2.24, 2.45) is 0 Å². The Hall–Kier alpha value is 2.07. The van der Waals surface area contributed by atoms with E-state index in [2.05, 4.69) is 0 Å².